The number of anilines is 1. The van der Waals surface area contributed by atoms with Crippen LogP contribution >= 0.6 is 0 Å². The van der Waals surface area contributed by atoms with Gasteiger partial charge in [-0.1, -0.05) is 12.1 Å². The van der Waals surface area contributed by atoms with Crippen LogP contribution in [-0.2, 0) is 11.2 Å². The topological polar surface area (TPSA) is 76.3 Å². The normalized spacial score (nSPS) is 22.0. The van der Waals surface area contributed by atoms with Crippen LogP contribution in [-0.4, -0.2) is 59.7 Å². The second-order valence-corrected chi connectivity index (χ2v) is 9.32. The van der Waals surface area contributed by atoms with Crippen LogP contribution < -0.4 is 10.2 Å². The monoisotopic (exact) mass is 471 g/mol. The molecule has 2 aliphatic heterocycles. The molecule has 2 saturated heterocycles. The van der Waals surface area contributed by atoms with Crippen molar-refractivity contribution < 1.29 is 18.0 Å². The maximum atomic E-state index is 15.4. The SMILES string of the molecule is CCc1cc(F)c2nc(N3CC[C@@H](NC4CCOCC4)[C@@H](F)C3)c(-c3nc(C)no3)c(C)c2c1. The molecule has 0 amide bonds. The summed E-state index contributed by atoms with van der Waals surface area (Å²) in [7, 11) is 0. The standard InChI is InChI=1S/C25H31F2N5O2/c1-4-16-11-18-14(2)22(25-28-15(3)31-34-25)24(30-23(18)19(26)12-16)32-8-5-21(20(27)13-32)29-17-6-9-33-10-7-17/h11-12,17,20-21,29H,4-10,13H2,1-3H3/t20-,21+/m0/s1. The molecule has 9 heteroatoms. The van der Waals surface area contributed by atoms with Crippen LogP contribution in [0.5, 0.6) is 0 Å². The van der Waals surface area contributed by atoms with E-state index in [1.807, 2.05) is 24.8 Å². The smallest absolute Gasteiger partial charge is 0.261 e. The predicted octanol–water partition coefficient (Wildman–Crippen LogP) is 4.29. The Kier molecular flexibility index (Phi) is 6.48. The average molecular weight is 472 g/mol. The summed E-state index contributed by atoms with van der Waals surface area (Å²) in [4.78, 5) is 11.0. The Morgan fingerprint density at radius 2 is 1.94 bits per heavy atom. The van der Waals surface area contributed by atoms with Gasteiger partial charge >= 0.3 is 0 Å². The van der Waals surface area contributed by atoms with Gasteiger partial charge in [-0.15, -0.1) is 0 Å². The zero-order chi connectivity index (χ0) is 23.8. The number of nitrogens with zero attached hydrogens (tertiary/aromatic N) is 4. The van der Waals surface area contributed by atoms with Crippen LogP contribution in [0.15, 0.2) is 16.7 Å². The molecule has 0 aliphatic carbocycles. The van der Waals surface area contributed by atoms with Gasteiger partial charge in [-0.2, -0.15) is 4.98 Å². The average Bonchev–Trinajstić information content (AvgIpc) is 3.27. The highest BCUT2D eigenvalue weighted by molar-refractivity contribution is 5.93. The van der Waals surface area contributed by atoms with Crippen LogP contribution in [0.3, 0.4) is 0 Å². The number of ether oxygens (including phenoxy) is 1. The molecular weight excluding hydrogens is 440 g/mol. The van der Waals surface area contributed by atoms with Crippen molar-refractivity contribution in [1.29, 1.82) is 0 Å². The van der Waals surface area contributed by atoms with E-state index in [9.17, 15) is 0 Å². The summed E-state index contributed by atoms with van der Waals surface area (Å²) in [5, 5.41) is 8.14. The fourth-order valence-electron chi connectivity index (χ4n) is 5.06. The Hall–Kier alpha value is -2.65. The van der Waals surface area contributed by atoms with Gasteiger partial charge in [-0.05, 0) is 62.8 Å². The summed E-state index contributed by atoms with van der Waals surface area (Å²) in [6, 6.07) is 3.54. The molecule has 7 nitrogen and oxygen atoms in total. The van der Waals surface area contributed by atoms with Crippen molar-refractivity contribution >= 4 is 16.7 Å². The number of hydrogen-bond acceptors (Lipinski definition) is 7. The van der Waals surface area contributed by atoms with Crippen LogP contribution in [0, 0.1) is 19.7 Å². The minimum Gasteiger partial charge on any atom is -0.381 e. The van der Waals surface area contributed by atoms with Crippen molar-refractivity contribution in [2.45, 2.75) is 64.7 Å². The van der Waals surface area contributed by atoms with E-state index >= 15 is 8.78 Å². The van der Waals surface area contributed by atoms with E-state index in [1.165, 1.54) is 6.07 Å². The Bertz CT molecular complexity index is 1180. The van der Waals surface area contributed by atoms with Crippen LogP contribution in [0.25, 0.3) is 22.4 Å². The number of piperidine rings is 1. The van der Waals surface area contributed by atoms with Gasteiger partial charge in [0.05, 0.1) is 12.1 Å². The van der Waals surface area contributed by atoms with E-state index in [1.54, 1.807) is 6.92 Å². The molecule has 2 atom stereocenters. The first-order valence-corrected chi connectivity index (χ1v) is 12.1. The number of hydrogen-bond donors (Lipinski definition) is 1. The minimum atomic E-state index is -1.08. The molecular formula is C25H31F2N5O2. The first-order valence-electron chi connectivity index (χ1n) is 12.1. The van der Waals surface area contributed by atoms with Crippen molar-refractivity contribution in [2.24, 2.45) is 0 Å². The first-order chi connectivity index (χ1) is 16.4. The van der Waals surface area contributed by atoms with E-state index in [4.69, 9.17) is 14.2 Å². The van der Waals surface area contributed by atoms with Gasteiger partial charge in [-0.25, -0.2) is 13.8 Å². The van der Waals surface area contributed by atoms with E-state index < -0.39 is 6.17 Å². The van der Waals surface area contributed by atoms with Crippen molar-refractivity contribution in [3.63, 3.8) is 0 Å². The third-order valence-electron chi connectivity index (χ3n) is 7.01. The molecule has 34 heavy (non-hydrogen) atoms. The molecule has 5 rings (SSSR count). The third kappa shape index (κ3) is 4.38. The zero-order valence-corrected chi connectivity index (χ0v) is 19.9. The Balaban J connectivity index is 1.51. The Morgan fingerprint density at radius 1 is 1.15 bits per heavy atom. The molecule has 1 N–H and O–H groups in total. The molecule has 0 radical (unpaired) electrons. The fourth-order valence-corrected chi connectivity index (χ4v) is 5.06. The lowest BCUT2D eigenvalue weighted by atomic mass is 9.97. The summed E-state index contributed by atoms with van der Waals surface area (Å²) < 4.78 is 41.4. The molecule has 0 bridgehead atoms. The maximum absolute atomic E-state index is 15.4. The number of aromatic nitrogens is 3. The lowest BCUT2D eigenvalue weighted by molar-refractivity contribution is 0.0684. The van der Waals surface area contributed by atoms with Gasteiger partial charge in [0.25, 0.3) is 5.89 Å². The number of alkyl halides is 1. The largest absolute Gasteiger partial charge is 0.381 e. The molecule has 3 aromatic rings. The van der Waals surface area contributed by atoms with Gasteiger partial charge in [0.1, 0.15) is 23.3 Å². The number of fused-ring (bicyclic) bond motifs is 1. The molecule has 2 aromatic heterocycles. The molecule has 0 saturated carbocycles. The molecule has 0 spiro atoms. The first kappa shape index (κ1) is 23.1. The van der Waals surface area contributed by atoms with Gasteiger partial charge in [-0.3, -0.25) is 0 Å². The number of aryl methyl sites for hydroxylation is 3. The second kappa shape index (κ2) is 9.54. The van der Waals surface area contributed by atoms with Gasteiger partial charge in [0.2, 0.25) is 0 Å². The Labute approximate surface area is 197 Å². The highest BCUT2D eigenvalue weighted by atomic mass is 19.1. The van der Waals surface area contributed by atoms with Gasteiger partial charge < -0.3 is 19.5 Å². The van der Waals surface area contributed by atoms with Crippen molar-refractivity contribution in [3.8, 4) is 11.5 Å². The zero-order valence-electron chi connectivity index (χ0n) is 19.9. The number of benzene rings is 1. The van der Waals surface area contributed by atoms with Crippen molar-refractivity contribution in [1.82, 2.24) is 20.4 Å². The number of rotatable bonds is 5. The van der Waals surface area contributed by atoms with E-state index in [2.05, 4.69) is 15.5 Å². The molecule has 182 valence electrons. The number of halogens is 2. The summed E-state index contributed by atoms with van der Waals surface area (Å²) in [5.41, 5.74) is 2.61. The van der Waals surface area contributed by atoms with Crippen LogP contribution in [0.1, 0.15) is 43.1 Å². The lowest BCUT2D eigenvalue weighted by Crippen LogP contribution is -2.54. The van der Waals surface area contributed by atoms with E-state index in [0.29, 0.717) is 61.1 Å². The van der Waals surface area contributed by atoms with Crippen LogP contribution in [0.4, 0.5) is 14.6 Å². The molecule has 4 heterocycles. The quantitative estimate of drug-likeness (QED) is 0.595. The van der Waals surface area contributed by atoms with Gasteiger partial charge in [0.15, 0.2) is 5.82 Å². The molecule has 0 unspecified atom stereocenters. The maximum Gasteiger partial charge on any atom is 0.261 e. The summed E-state index contributed by atoms with van der Waals surface area (Å²) in [6.07, 6.45) is 2.05. The molecule has 2 fully saturated rings. The number of nitrogens with one attached hydrogen (secondary N) is 1. The summed E-state index contributed by atoms with van der Waals surface area (Å²) >= 11 is 0. The fraction of sp³-hybridized carbons (Fsp3) is 0.560. The highest BCUT2D eigenvalue weighted by Crippen LogP contribution is 2.38. The van der Waals surface area contributed by atoms with Crippen molar-refractivity contribution in [2.75, 3.05) is 31.2 Å². The van der Waals surface area contributed by atoms with Gasteiger partial charge in [0, 0.05) is 37.2 Å². The highest BCUT2D eigenvalue weighted by Gasteiger charge is 2.34. The summed E-state index contributed by atoms with van der Waals surface area (Å²) in [6.45, 7) is 7.82. The van der Waals surface area contributed by atoms with E-state index in [-0.39, 0.29) is 30.0 Å². The number of pyridine rings is 1. The minimum absolute atomic E-state index is 0.160. The predicted molar refractivity (Wildman–Crippen MR) is 126 cm³/mol. The lowest BCUT2D eigenvalue weighted by Gasteiger charge is -2.39. The molecule has 2 aliphatic rings. The van der Waals surface area contributed by atoms with Crippen molar-refractivity contribution in [3.05, 3.63) is 34.9 Å². The van der Waals surface area contributed by atoms with E-state index in [0.717, 1.165) is 24.0 Å². The molecule has 1 aromatic carbocycles. The Morgan fingerprint density at radius 3 is 2.62 bits per heavy atom. The second-order valence-electron chi connectivity index (χ2n) is 9.32. The van der Waals surface area contributed by atoms with Crippen LogP contribution in [0.2, 0.25) is 0 Å². The summed E-state index contributed by atoms with van der Waals surface area (Å²) in [5.74, 6) is 0.931. The third-order valence-corrected chi connectivity index (χ3v) is 7.01.